The summed E-state index contributed by atoms with van der Waals surface area (Å²) in [6, 6.07) is -13.3. The van der Waals surface area contributed by atoms with Crippen LogP contribution in [0.3, 0.4) is 0 Å². The lowest BCUT2D eigenvalue weighted by Crippen LogP contribution is -2.61. The Kier molecular flexibility index (Phi) is 22.3. The fourth-order valence-electron chi connectivity index (χ4n) is 4.73. The van der Waals surface area contributed by atoms with E-state index in [0.717, 1.165) is 13.8 Å². The maximum atomic E-state index is 13.3. The molecule has 0 aromatic rings. The third-order valence-electron chi connectivity index (χ3n) is 7.62. The summed E-state index contributed by atoms with van der Waals surface area (Å²) in [6.07, 6.45) is -7.43. The molecule has 0 spiro atoms. The molecule has 330 valence electrons. The zero-order valence-corrected chi connectivity index (χ0v) is 31.6. The third kappa shape index (κ3) is 20.7. The van der Waals surface area contributed by atoms with Crippen molar-refractivity contribution < 1.29 is 87.9 Å². The van der Waals surface area contributed by atoms with Gasteiger partial charge in [-0.2, -0.15) is 0 Å². The van der Waals surface area contributed by atoms with Crippen molar-refractivity contribution in [3.63, 3.8) is 0 Å². The molecule has 28 heteroatoms. The van der Waals surface area contributed by atoms with E-state index in [0.29, 0.717) is 0 Å². The average molecular weight is 849 g/mol. The molecule has 0 aliphatic heterocycles. The normalized spacial score (nSPS) is 14.7. The SMILES string of the molecule is CC(=O)N[C@H](C(=O)N[C@@H](CCC(N)=O)C(=O)N[C@@H](CC(=O)O)C(=O)N[C@@H](CO)C(=O)N[C@@H](CCC(=O)O)C(=O)N[C@@H](CC(=O)O)C(=O)N[C@@H](CC(N)=O)C(N)=O)[C@@H](C)O. The second-order valence-electron chi connectivity index (χ2n) is 12.7. The number of aliphatic carboxylic acids is 3. The van der Waals surface area contributed by atoms with Crippen LogP contribution in [0.25, 0.3) is 0 Å². The molecule has 0 saturated heterocycles. The molecule has 0 heterocycles. The number of aliphatic hydroxyl groups excluding tert-OH is 2. The van der Waals surface area contributed by atoms with Crippen molar-refractivity contribution in [2.45, 2.75) is 107 Å². The number of aliphatic hydroxyl groups is 2. The number of carbonyl (C=O) groups is 13. The number of carbonyl (C=O) groups excluding carboxylic acids is 10. The number of rotatable bonds is 28. The predicted molar refractivity (Wildman–Crippen MR) is 191 cm³/mol. The van der Waals surface area contributed by atoms with Gasteiger partial charge in [0.05, 0.1) is 32.0 Å². The third-order valence-corrected chi connectivity index (χ3v) is 7.62. The van der Waals surface area contributed by atoms with Gasteiger partial charge in [0.15, 0.2) is 0 Å². The topological polar surface area (TPSA) is 485 Å². The van der Waals surface area contributed by atoms with Crippen LogP contribution in [-0.4, -0.2) is 158 Å². The minimum Gasteiger partial charge on any atom is -0.481 e. The van der Waals surface area contributed by atoms with Crippen LogP contribution in [0.15, 0.2) is 0 Å². The van der Waals surface area contributed by atoms with E-state index in [1.165, 1.54) is 0 Å². The molecule has 0 aromatic carbocycles. The highest BCUT2D eigenvalue weighted by Crippen LogP contribution is 2.06. The number of hydrogen-bond acceptors (Lipinski definition) is 15. The number of nitrogens with two attached hydrogens (primary N) is 3. The van der Waals surface area contributed by atoms with Crippen LogP contribution in [0.2, 0.25) is 0 Å². The summed E-state index contributed by atoms with van der Waals surface area (Å²) in [5.41, 5.74) is 15.3. The van der Waals surface area contributed by atoms with E-state index in [1.807, 2.05) is 26.6 Å². The van der Waals surface area contributed by atoms with Gasteiger partial charge in [-0.3, -0.25) is 62.3 Å². The molecule has 0 aliphatic rings. The summed E-state index contributed by atoms with van der Waals surface area (Å²) in [5, 5.41) is 61.8. The Morgan fingerprint density at radius 1 is 0.475 bits per heavy atom. The fourth-order valence-corrected chi connectivity index (χ4v) is 4.73. The molecular weight excluding hydrogens is 800 g/mol. The summed E-state index contributed by atoms with van der Waals surface area (Å²) < 4.78 is 0. The van der Waals surface area contributed by atoms with Crippen LogP contribution in [0.5, 0.6) is 0 Å². The van der Waals surface area contributed by atoms with E-state index in [2.05, 4.69) is 10.6 Å². The van der Waals surface area contributed by atoms with E-state index in [4.69, 9.17) is 17.2 Å². The van der Waals surface area contributed by atoms with Crippen LogP contribution in [-0.2, 0) is 62.3 Å². The van der Waals surface area contributed by atoms with Crippen LogP contribution in [0.4, 0.5) is 0 Å². The molecule has 0 rings (SSSR count). The largest absolute Gasteiger partial charge is 0.481 e. The maximum absolute atomic E-state index is 13.3. The molecule has 59 heavy (non-hydrogen) atoms. The number of carboxylic acid groups (broad SMARTS) is 3. The van der Waals surface area contributed by atoms with Crippen molar-refractivity contribution in [3.8, 4) is 0 Å². The average Bonchev–Trinajstić information content (AvgIpc) is 3.10. The maximum Gasteiger partial charge on any atom is 0.305 e. The molecule has 0 aliphatic carbocycles. The Balaban J connectivity index is 6.36. The Labute approximate surface area is 333 Å². The highest BCUT2D eigenvalue weighted by Gasteiger charge is 2.36. The first kappa shape index (κ1) is 52.0. The molecule has 0 saturated carbocycles. The second kappa shape index (κ2) is 25.3. The smallest absolute Gasteiger partial charge is 0.305 e. The highest BCUT2D eigenvalue weighted by molar-refractivity contribution is 5.99. The minimum atomic E-state index is -2.10. The van der Waals surface area contributed by atoms with Crippen molar-refractivity contribution >= 4 is 77.0 Å². The molecule has 0 radical (unpaired) electrons. The molecule has 0 aromatic heterocycles. The highest BCUT2D eigenvalue weighted by atomic mass is 16.4. The minimum absolute atomic E-state index is 0.545. The number of carboxylic acids is 3. The van der Waals surface area contributed by atoms with Crippen molar-refractivity contribution in [2.24, 2.45) is 17.2 Å². The van der Waals surface area contributed by atoms with Gasteiger partial charge in [0.1, 0.15) is 42.3 Å². The fraction of sp³-hybridized carbons (Fsp3) is 0.581. The predicted octanol–water partition coefficient (Wildman–Crippen LogP) is -8.79. The first-order chi connectivity index (χ1) is 27.3. The van der Waals surface area contributed by atoms with Crippen LogP contribution >= 0.6 is 0 Å². The number of primary amides is 3. The van der Waals surface area contributed by atoms with E-state index in [9.17, 15) is 87.9 Å². The van der Waals surface area contributed by atoms with E-state index >= 15 is 0 Å². The van der Waals surface area contributed by atoms with Crippen molar-refractivity contribution in [2.75, 3.05) is 6.61 Å². The summed E-state index contributed by atoms with van der Waals surface area (Å²) in [4.78, 5) is 159. The number of amides is 10. The number of nitrogens with one attached hydrogen (secondary N) is 7. The lowest BCUT2D eigenvalue weighted by Gasteiger charge is -2.27. The van der Waals surface area contributed by atoms with Gasteiger partial charge < -0.3 is 80.0 Å². The molecule has 10 amide bonds. The standard InChI is InChI=1S/C31H48N10O18/c1-11(43)24(35-12(2)44)31(59)37-13(3-5-19(32)45)26(54)40-17(9-23(51)52)29(57)41-18(10-42)30(58)36-14(4-6-21(47)48)27(55)39-16(8-22(49)50)28(56)38-15(25(34)53)7-20(33)46/h11,13-18,24,42-43H,3-10H2,1-2H3,(H2,32,45)(H2,33,46)(H2,34,53)(H,35,44)(H,36,58)(H,37,59)(H,38,56)(H,39,55)(H,40,54)(H,41,57)(H,47,48)(H,49,50)(H,51,52)/t11-,13+,14+,15+,16+,17+,18+,24+/m1/s1. The zero-order chi connectivity index (χ0) is 45.7. The molecule has 0 bridgehead atoms. The monoisotopic (exact) mass is 848 g/mol. The first-order valence-corrected chi connectivity index (χ1v) is 17.2. The summed E-state index contributed by atoms with van der Waals surface area (Å²) in [7, 11) is 0. The van der Waals surface area contributed by atoms with Gasteiger partial charge in [-0.1, -0.05) is 0 Å². The van der Waals surface area contributed by atoms with Gasteiger partial charge in [0.2, 0.25) is 59.1 Å². The second-order valence-corrected chi connectivity index (χ2v) is 12.7. The zero-order valence-electron chi connectivity index (χ0n) is 31.6. The van der Waals surface area contributed by atoms with Crippen LogP contribution < -0.4 is 54.4 Å². The summed E-state index contributed by atoms with van der Waals surface area (Å²) in [6.45, 7) is 0.838. The molecule has 0 unspecified atom stereocenters. The van der Waals surface area contributed by atoms with Gasteiger partial charge >= 0.3 is 17.9 Å². The van der Waals surface area contributed by atoms with E-state index < -0.39 is 177 Å². The van der Waals surface area contributed by atoms with Gasteiger partial charge in [-0.05, 0) is 19.8 Å². The number of hydrogen-bond donors (Lipinski definition) is 15. The van der Waals surface area contributed by atoms with Crippen molar-refractivity contribution in [1.29, 1.82) is 0 Å². The molecule has 18 N–H and O–H groups in total. The summed E-state index contributed by atoms with van der Waals surface area (Å²) in [5.74, 6) is -17.2. The molecular formula is C31H48N10O18. The lowest BCUT2D eigenvalue weighted by atomic mass is 10.1. The Bertz CT molecular complexity index is 1640. The lowest BCUT2D eigenvalue weighted by molar-refractivity contribution is -0.143. The van der Waals surface area contributed by atoms with Crippen LogP contribution in [0, 0.1) is 0 Å². The Hall–Kier alpha value is -6.97. The summed E-state index contributed by atoms with van der Waals surface area (Å²) >= 11 is 0. The van der Waals surface area contributed by atoms with E-state index in [-0.39, 0.29) is 0 Å². The van der Waals surface area contributed by atoms with Crippen molar-refractivity contribution in [1.82, 2.24) is 37.2 Å². The quantitative estimate of drug-likeness (QED) is 0.0347. The first-order valence-electron chi connectivity index (χ1n) is 17.2. The molecule has 28 nitrogen and oxygen atoms in total. The van der Waals surface area contributed by atoms with Gasteiger partial charge in [0, 0.05) is 19.8 Å². The molecule has 8 atom stereocenters. The van der Waals surface area contributed by atoms with Crippen LogP contribution in [0.1, 0.15) is 58.8 Å². The van der Waals surface area contributed by atoms with Gasteiger partial charge in [0.25, 0.3) is 0 Å². The Morgan fingerprint density at radius 3 is 1.20 bits per heavy atom. The van der Waals surface area contributed by atoms with Gasteiger partial charge in [-0.15, -0.1) is 0 Å². The Morgan fingerprint density at radius 2 is 0.847 bits per heavy atom. The van der Waals surface area contributed by atoms with Crippen molar-refractivity contribution in [3.05, 3.63) is 0 Å². The molecule has 0 fully saturated rings. The van der Waals surface area contributed by atoms with Gasteiger partial charge in [-0.25, -0.2) is 0 Å². The van der Waals surface area contributed by atoms with E-state index in [1.54, 1.807) is 0 Å².